The van der Waals surface area contributed by atoms with Crippen molar-refractivity contribution < 1.29 is 31.8 Å². The highest BCUT2D eigenvalue weighted by atomic mass is 19.4. The minimum absolute atomic E-state index is 0.0954. The fourth-order valence-electron chi connectivity index (χ4n) is 3.57. The third kappa shape index (κ3) is 5.49. The number of ether oxygens (including phenoxy) is 2. The second kappa shape index (κ2) is 8.65. The second-order valence-corrected chi connectivity index (χ2v) is 8.84. The van der Waals surface area contributed by atoms with E-state index in [0.29, 0.717) is 17.2 Å². The van der Waals surface area contributed by atoms with Crippen LogP contribution in [0.25, 0.3) is 17.0 Å². The van der Waals surface area contributed by atoms with E-state index in [0.717, 1.165) is 6.07 Å². The Labute approximate surface area is 192 Å². The lowest BCUT2D eigenvalue weighted by Crippen LogP contribution is -2.36. The fraction of sp³-hybridized carbons (Fsp3) is 0.409. The Morgan fingerprint density at radius 1 is 1.18 bits per heavy atom. The molecule has 0 aromatic carbocycles. The van der Waals surface area contributed by atoms with Gasteiger partial charge in [-0.15, -0.1) is 13.2 Å². The number of carbonyl (C=O) groups excluding carboxylic acids is 1. The number of aromatic nitrogens is 3. The number of likely N-dealkylation sites (tertiary alicyclic amines) is 1. The molecule has 8 nitrogen and oxygen atoms in total. The van der Waals surface area contributed by atoms with E-state index in [-0.39, 0.29) is 24.5 Å². The minimum Gasteiger partial charge on any atom is -0.444 e. The fourth-order valence-corrected chi connectivity index (χ4v) is 3.57. The minimum atomic E-state index is -4.80. The van der Waals surface area contributed by atoms with Gasteiger partial charge >= 0.3 is 12.5 Å². The lowest BCUT2D eigenvalue weighted by molar-refractivity contribution is -0.274. The van der Waals surface area contributed by atoms with Crippen LogP contribution < -0.4 is 10.1 Å². The highest BCUT2D eigenvalue weighted by Crippen LogP contribution is 2.27. The van der Waals surface area contributed by atoms with Gasteiger partial charge in [0.15, 0.2) is 0 Å². The van der Waals surface area contributed by atoms with Crippen molar-refractivity contribution in [3.63, 3.8) is 0 Å². The van der Waals surface area contributed by atoms with Gasteiger partial charge in [0, 0.05) is 18.8 Å². The van der Waals surface area contributed by atoms with E-state index in [9.17, 15) is 22.4 Å². The molecule has 0 unspecified atom stereocenters. The molecule has 2 atom stereocenters. The van der Waals surface area contributed by atoms with Crippen LogP contribution in [0.5, 0.6) is 5.75 Å². The topological polar surface area (TPSA) is 81.0 Å². The van der Waals surface area contributed by atoms with Crippen molar-refractivity contribution in [1.29, 1.82) is 0 Å². The van der Waals surface area contributed by atoms with Crippen LogP contribution >= 0.6 is 0 Å². The van der Waals surface area contributed by atoms with Crippen LogP contribution in [-0.4, -0.2) is 62.6 Å². The summed E-state index contributed by atoms with van der Waals surface area (Å²) in [5, 5.41) is 3.01. The number of hydrogen-bond acceptors (Lipinski definition) is 6. The van der Waals surface area contributed by atoms with Gasteiger partial charge in [-0.05, 0) is 39.0 Å². The molecule has 1 aliphatic rings. The summed E-state index contributed by atoms with van der Waals surface area (Å²) in [5.74, 6) is -0.00606. The molecule has 1 aliphatic heterocycles. The Morgan fingerprint density at radius 3 is 2.65 bits per heavy atom. The van der Waals surface area contributed by atoms with Crippen LogP contribution in [0.2, 0.25) is 0 Å². The zero-order chi connectivity index (χ0) is 24.7. The molecule has 4 rings (SSSR count). The van der Waals surface area contributed by atoms with E-state index >= 15 is 0 Å². The summed E-state index contributed by atoms with van der Waals surface area (Å²) in [6, 6.07) is 6.72. The normalized spacial score (nSPS) is 18.9. The Hall–Kier alpha value is -3.57. The van der Waals surface area contributed by atoms with E-state index in [2.05, 4.69) is 20.0 Å². The van der Waals surface area contributed by atoms with Crippen LogP contribution in [0, 0.1) is 0 Å². The van der Waals surface area contributed by atoms with Crippen molar-refractivity contribution in [3.8, 4) is 17.1 Å². The number of hydrogen-bond donors (Lipinski definition) is 1. The molecule has 1 N–H and O–H groups in total. The molecule has 0 saturated carbocycles. The first-order valence-corrected chi connectivity index (χ1v) is 10.5. The Kier molecular flexibility index (Phi) is 6.00. The Bertz CT molecular complexity index is 1190. The van der Waals surface area contributed by atoms with Crippen molar-refractivity contribution >= 4 is 17.6 Å². The van der Waals surface area contributed by atoms with Gasteiger partial charge in [-0.25, -0.2) is 19.2 Å². The Balaban J connectivity index is 1.49. The molecular formula is C22H23F4N5O3. The number of halogens is 4. The number of carbonyl (C=O) groups is 1. The summed E-state index contributed by atoms with van der Waals surface area (Å²) >= 11 is 0. The number of fused-ring (bicyclic) bond motifs is 1. The van der Waals surface area contributed by atoms with Gasteiger partial charge < -0.3 is 19.7 Å². The quantitative estimate of drug-likeness (QED) is 0.546. The molecule has 34 heavy (non-hydrogen) atoms. The van der Waals surface area contributed by atoms with Gasteiger partial charge in [-0.1, -0.05) is 6.07 Å². The monoisotopic (exact) mass is 481 g/mol. The van der Waals surface area contributed by atoms with E-state index in [1.54, 1.807) is 43.4 Å². The molecule has 0 aliphatic carbocycles. The summed E-state index contributed by atoms with van der Waals surface area (Å²) < 4.78 is 62.8. The van der Waals surface area contributed by atoms with Gasteiger partial charge in [0.2, 0.25) is 0 Å². The standard InChI is InChI=1S/C22H23F4N5O3/c1-21(2,3)34-20(32)30-11-14(23)16(12-30)29-18-6-4-5-15(28-18)17-10-27-19-9-13(7-8-31(17)19)33-22(24,25)26/h4-10,14,16H,11-12H2,1-3H3,(H,28,29)/t14-,16-/m0/s1. The molecule has 12 heteroatoms. The molecule has 3 aromatic heterocycles. The molecule has 0 radical (unpaired) electrons. The van der Waals surface area contributed by atoms with Gasteiger partial charge in [0.1, 0.15) is 29.0 Å². The molecule has 182 valence electrons. The first kappa shape index (κ1) is 23.6. The molecule has 0 bridgehead atoms. The number of nitrogens with zero attached hydrogens (tertiary/aromatic N) is 4. The average Bonchev–Trinajstić information content (AvgIpc) is 3.29. The maximum absolute atomic E-state index is 14.6. The Morgan fingerprint density at radius 2 is 1.94 bits per heavy atom. The molecule has 1 saturated heterocycles. The summed E-state index contributed by atoms with van der Waals surface area (Å²) in [4.78, 5) is 22.2. The summed E-state index contributed by atoms with van der Waals surface area (Å²) in [5.41, 5.74) is 0.553. The molecule has 3 aromatic rings. The van der Waals surface area contributed by atoms with Crippen LogP contribution in [0.15, 0.2) is 42.7 Å². The number of imidazole rings is 1. The average molecular weight is 481 g/mol. The van der Waals surface area contributed by atoms with Crippen molar-refractivity contribution in [2.24, 2.45) is 0 Å². The van der Waals surface area contributed by atoms with Gasteiger partial charge in [-0.3, -0.25) is 4.40 Å². The first-order chi connectivity index (χ1) is 15.9. The van der Waals surface area contributed by atoms with Crippen molar-refractivity contribution in [1.82, 2.24) is 19.3 Å². The van der Waals surface area contributed by atoms with Crippen molar-refractivity contribution in [2.75, 3.05) is 18.4 Å². The molecule has 1 fully saturated rings. The second-order valence-electron chi connectivity index (χ2n) is 8.84. The van der Waals surface area contributed by atoms with Crippen molar-refractivity contribution in [2.45, 2.75) is 44.9 Å². The summed E-state index contributed by atoms with van der Waals surface area (Å²) in [6.45, 7) is 5.23. The maximum atomic E-state index is 14.6. The van der Waals surface area contributed by atoms with Crippen molar-refractivity contribution in [3.05, 3.63) is 42.7 Å². The summed E-state index contributed by atoms with van der Waals surface area (Å²) in [6.07, 6.45) is -3.84. The molecule has 1 amide bonds. The predicted octanol–water partition coefficient (Wildman–Crippen LogP) is 4.66. The van der Waals surface area contributed by atoms with Crippen LogP contribution in [0.4, 0.5) is 28.2 Å². The smallest absolute Gasteiger partial charge is 0.444 e. The van der Waals surface area contributed by atoms with Crippen LogP contribution in [0.3, 0.4) is 0 Å². The van der Waals surface area contributed by atoms with E-state index in [1.807, 2.05) is 0 Å². The molecular weight excluding hydrogens is 458 g/mol. The highest BCUT2D eigenvalue weighted by Gasteiger charge is 2.37. The number of amides is 1. The molecule has 4 heterocycles. The first-order valence-electron chi connectivity index (χ1n) is 10.5. The SMILES string of the molecule is CC(C)(C)OC(=O)N1C[C@H](Nc2cccc(-c3cnc4cc(OC(F)(F)F)ccn34)n2)[C@@H](F)C1. The lowest BCUT2D eigenvalue weighted by Gasteiger charge is -2.24. The largest absolute Gasteiger partial charge is 0.573 e. The zero-order valence-electron chi connectivity index (χ0n) is 18.6. The number of alkyl halides is 4. The lowest BCUT2D eigenvalue weighted by atomic mass is 10.2. The molecule has 0 spiro atoms. The number of anilines is 1. The van der Waals surface area contributed by atoms with E-state index in [1.165, 1.54) is 23.4 Å². The third-order valence-electron chi connectivity index (χ3n) is 4.96. The van der Waals surface area contributed by atoms with Crippen LogP contribution in [0.1, 0.15) is 20.8 Å². The number of pyridine rings is 2. The third-order valence-corrected chi connectivity index (χ3v) is 4.96. The van der Waals surface area contributed by atoms with E-state index < -0.39 is 30.3 Å². The van der Waals surface area contributed by atoms with Gasteiger partial charge in [0.25, 0.3) is 0 Å². The number of rotatable bonds is 4. The highest BCUT2D eigenvalue weighted by molar-refractivity contribution is 5.69. The predicted molar refractivity (Wildman–Crippen MR) is 115 cm³/mol. The van der Waals surface area contributed by atoms with Crippen LogP contribution in [-0.2, 0) is 4.74 Å². The zero-order valence-corrected chi connectivity index (χ0v) is 18.6. The van der Waals surface area contributed by atoms with Gasteiger partial charge in [0.05, 0.1) is 30.2 Å². The summed E-state index contributed by atoms with van der Waals surface area (Å²) in [7, 11) is 0. The number of nitrogens with one attached hydrogen (secondary N) is 1. The van der Waals surface area contributed by atoms with Gasteiger partial charge in [-0.2, -0.15) is 0 Å². The maximum Gasteiger partial charge on any atom is 0.573 e. The van der Waals surface area contributed by atoms with E-state index in [4.69, 9.17) is 4.74 Å².